The number of aromatic nitrogens is 1. The Morgan fingerprint density at radius 2 is 2.53 bits per heavy atom. The average Bonchev–Trinajstić information content (AvgIpc) is 2.76. The van der Waals surface area contributed by atoms with Crippen LogP contribution in [0, 0.1) is 11.3 Å². The van der Waals surface area contributed by atoms with E-state index in [1.54, 1.807) is 18.0 Å². The quantitative estimate of drug-likeness (QED) is 0.932. The van der Waals surface area contributed by atoms with Crippen molar-refractivity contribution in [2.75, 3.05) is 7.05 Å². The second-order valence-electron chi connectivity index (χ2n) is 4.22. The lowest BCUT2D eigenvalue weighted by Gasteiger charge is -2.19. The first-order valence-electron chi connectivity index (χ1n) is 5.56. The first kappa shape index (κ1) is 12.9. The van der Waals surface area contributed by atoms with E-state index in [4.69, 9.17) is 0 Å². The molecule has 2 unspecified atom stereocenters. The van der Waals surface area contributed by atoms with Crippen molar-refractivity contribution in [2.24, 2.45) is 0 Å². The minimum Gasteiger partial charge on any atom is -0.302 e. The van der Waals surface area contributed by atoms with Crippen LogP contribution in [0.25, 0.3) is 0 Å². The number of rotatable bonds is 3. The third-order valence-corrected chi connectivity index (χ3v) is 5.35. The highest BCUT2D eigenvalue weighted by molar-refractivity contribution is 9.10. The molecule has 0 radical (unpaired) electrons. The van der Waals surface area contributed by atoms with Gasteiger partial charge in [0.1, 0.15) is 10.6 Å². The van der Waals surface area contributed by atoms with E-state index >= 15 is 0 Å². The Bertz CT molecular complexity index is 446. The van der Waals surface area contributed by atoms with Crippen LogP contribution in [0.4, 0.5) is 0 Å². The molecule has 0 aliphatic heterocycles. The van der Waals surface area contributed by atoms with E-state index in [1.165, 1.54) is 0 Å². The molecule has 2 atom stereocenters. The van der Waals surface area contributed by atoms with Crippen molar-refractivity contribution in [1.82, 2.24) is 10.3 Å². The van der Waals surface area contributed by atoms with Crippen LogP contribution in [-0.4, -0.2) is 22.8 Å². The van der Waals surface area contributed by atoms with Gasteiger partial charge in [0.05, 0.1) is 6.07 Å². The molecule has 1 aliphatic rings. The second-order valence-corrected chi connectivity index (χ2v) is 6.36. The van der Waals surface area contributed by atoms with Crippen molar-refractivity contribution >= 4 is 27.7 Å². The number of thioether (sulfide) groups is 1. The molecule has 1 heterocycles. The van der Waals surface area contributed by atoms with Crippen molar-refractivity contribution in [3.05, 3.63) is 22.8 Å². The number of halogens is 1. The second kappa shape index (κ2) is 5.38. The van der Waals surface area contributed by atoms with Gasteiger partial charge in [-0.25, -0.2) is 4.98 Å². The van der Waals surface area contributed by atoms with E-state index in [-0.39, 0.29) is 5.54 Å². The van der Waals surface area contributed by atoms with Crippen LogP contribution in [0.15, 0.2) is 27.8 Å². The molecule has 0 amide bonds. The zero-order chi connectivity index (χ0) is 12.3. The summed E-state index contributed by atoms with van der Waals surface area (Å²) in [6.45, 7) is 0. The highest BCUT2D eigenvalue weighted by Crippen LogP contribution is 2.40. The summed E-state index contributed by atoms with van der Waals surface area (Å²) in [4.78, 5) is 4.35. The summed E-state index contributed by atoms with van der Waals surface area (Å²) in [5.41, 5.74) is -0.334. The molecule has 3 nitrogen and oxygen atoms in total. The minimum atomic E-state index is -0.334. The van der Waals surface area contributed by atoms with Gasteiger partial charge in [0.2, 0.25) is 0 Å². The third kappa shape index (κ3) is 2.82. The Morgan fingerprint density at radius 3 is 3.12 bits per heavy atom. The molecule has 17 heavy (non-hydrogen) atoms. The van der Waals surface area contributed by atoms with Gasteiger partial charge in [0.25, 0.3) is 0 Å². The molecule has 1 aliphatic carbocycles. The molecule has 90 valence electrons. The largest absolute Gasteiger partial charge is 0.302 e. The summed E-state index contributed by atoms with van der Waals surface area (Å²) in [6.07, 6.45) is 4.66. The van der Waals surface area contributed by atoms with E-state index < -0.39 is 0 Å². The molecular formula is C12H14BrN3S. The molecule has 0 aromatic carbocycles. The standard InChI is InChI=1S/C12H14BrN3S/c1-15-12(8-14)5-4-9(7-12)17-11-10(13)3-2-6-16-11/h2-3,6,9,15H,4-5,7H2,1H3. The Balaban J connectivity index is 2.04. The number of nitriles is 1. The Labute approximate surface area is 114 Å². The summed E-state index contributed by atoms with van der Waals surface area (Å²) in [5, 5.41) is 13.8. The summed E-state index contributed by atoms with van der Waals surface area (Å²) in [5.74, 6) is 0. The van der Waals surface area contributed by atoms with Crippen LogP contribution in [0.5, 0.6) is 0 Å². The van der Waals surface area contributed by atoms with Crippen LogP contribution in [-0.2, 0) is 0 Å². The first-order chi connectivity index (χ1) is 8.19. The van der Waals surface area contributed by atoms with Gasteiger partial charge < -0.3 is 5.32 Å². The molecule has 0 saturated heterocycles. The molecule has 1 aromatic rings. The number of hydrogen-bond acceptors (Lipinski definition) is 4. The monoisotopic (exact) mass is 311 g/mol. The maximum absolute atomic E-state index is 9.21. The number of pyridine rings is 1. The van der Waals surface area contributed by atoms with Crippen molar-refractivity contribution in [1.29, 1.82) is 5.26 Å². The number of hydrogen-bond donors (Lipinski definition) is 1. The molecule has 1 fully saturated rings. The van der Waals surface area contributed by atoms with Crippen molar-refractivity contribution in [3.63, 3.8) is 0 Å². The summed E-state index contributed by atoms with van der Waals surface area (Å²) >= 11 is 5.26. The van der Waals surface area contributed by atoms with E-state index in [1.807, 2.05) is 19.2 Å². The molecule has 1 N–H and O–H groups in total. The van der Waals surface area contributed by atoms with Crippen LogP contribution < -0.4 is 5.32 Å². The average molecular weight is 312 g/mol. The fraction of sp³-hybridized carbons (Fsp3) is 0.500. The fourth-order valence-electron chi connectivity index (χ4n) is 2.10. The zero-order valence-corrected chi connectivity index (χ0v) is 12.0. The SMILES string of the molecule is CNC1(C#N)CCC(Sc2ncccc2Br)C1. The molecule has 1 aromatic heterocycles. The van der Waals surface area contributed by atoms with Gasteiger partial charge in [0.15, 0.2) is 0 Å². The molecule has 0 spiro atoms. The van der Waals surface area contributed by atoms with Crippen LogP contribution in [0.2, 0.25) is 0 Å². The first-order valence-corrected chi connectivity index (χ1v) is 7.24. The van der Waals surface area contributed by atoms with Gasteiger partial charge in [-0.05, 0) is 54.4 Å². The van der Waals surface area contributed by atoms with Gasteiger partial charge >= 0.3 is 0 Å². The van der Waals surface area contributed by atoms with E-state index in [0.717, 1.165) is 28.8 Å². The van der Waals surface area contributed by atoms with Crippen molar-refractivity contribution < 1.29 is 0 Å². The lowest BCUT2D eigenvalue weighted by atomic mass is 10.0. The van der Waals surface area contributed by atoms with Crippen molar-refractivity contribution in [2.45, 2.75) is 35.1 Å². The van der Waals surface area contributed by atoms with Crippen molar-refractivity contribution in [3.8, 4) is 6.07 Å². The Hall–Kier alpha value is -0.570. The molecule has 1 saturated carbocycles. The van der Waals surface area contributed by atoms with Crippen LogP contribution in [0.1, 0.15) is 19.3 Å². The van der Waals surface area contributed by atoms with Gasteiger partial charge in [-0.1, -0.05) is 0 Å². The predicted octanol–water partition coefficient (Wildman–Crippen LogP) is 2.97. The lowest BCUT2D eigenvalue weighted by molar-refractivity contribution is 0.464. The Kier molecular flexibility index (Phi) is 4.08. The molecule has 0 bridgehead atoms. The number of nitrogens with zero attached hydrogens (tertiary/aromatic N) is 2. The topological polar surface area (TPSA) is 48.7 Å². The molecule has 2 rings (SSSR count). The normalized spacial score (nSPS) is 27.9. The Morgan fingerprint density at radius 1 is 1.71 bits per heavy atom. The van der Waals surface area contributed by atoms with Gasteiger partial charge in [-0.15, -0.1) is 11.8 Å². The highest BCUT2D eigenvalue weighted by atomic mass is 79.9. The maximum atomic E-state index is 9.21. The van der Waals surface area contributed by atoms with E-state index in [0.29, 0.717) is 5.25 Å². The third-order valence-electron chi connectivity index (χ3n) is 3.16. The minimum absolute atomic E-state index is 0.334. The summed E-state index contributed by atoms with van der Waals surface area (Å²) < 4.78 is 1.03. The van der Waals surface area contributed by atoms with Gasteiger partial charge in [-0.2, -0.15) is 5.26 Å². The predicted molar refractivity (Wildman–Crippen MR) is 72.8 cm³/mol. The molecular weight excluding hydrogens is 298 g/mol. The van der Waals surface area contributed by atoms with E-state index in [2.05, 4.69) is 32.3 Å². The lowest BCUT2D eigenvalue weighted by Crippen LogP contribution is -2.38. The van der Waals surface area contributed by atoms with Crippen LogP contribution in [0.3, 0.4) is 0 Å². The van der Waals surface area contributed by atoms with Gasteiger partial charge in [0, 0.05) is 15.9 Å². The fourth-order valence-corrected chi connectivity index (χ4v) is 3.86. The van der Waals surface area contributed by atoms with E-state index in [9.17, 15) is 5.26 Å². The van der Waals surface area contributed by atoms with Crippen LogP contribution >= 0.6 is 27.7 Å². The summed E-state index contributed by atoms with van der Waals surface area (Å²) in [7, 11) is 1.87. The summed E-state index contributed by atoms with van der Waals surface area (Å²) in [6, 6.07) is 6.31. The highest BCUT2D eigenvalue weighted by Gasteiger charge is 2.38. The smallest absolute Gasteiger partial charge is 0.110 e. The zero-order valence-electron chi connectivity index (χ0n) is 9.61. The van der Waals surface area contributed by atoms with Gasteiger partial charge in [-0.3, -0.25) is 0 Å². The maximum Gasteiger partial charge on any atom is 0.110 e. The molecule has 5 heteroatoms. The number of nitrogens with one attached hydrogen (secondary N) is 1.